The van der Waals surface area contributed by atoms with Crippen LogP contribution in [0.5, 0.6) is 5.75 Å². The van der Waals surface area contributed by atoms with E-state index in [-0.39, 0.29) is 12.6 Å². The van der Waals surface area contributed by atoms with E-state index in [9.17, 15) is 5.11 Å². The van der Waals surface area contributed by atoms with Crippen LogP contribution in [0.4, 0.5) is 0 Å². The summed E-state index contributed by atoms with van der Waals surface area (Å²) in [6.45, 7) is 0.717. The van der Waals surface area contributed by atoms with E-state index in [2.05, 4.69) is 9.88 Å². The highest BCUT2D eigenvalue weighted by molar-refractivity contribution is 5.39. The van der Waals surface area contributed by atoms with Crippen molar-refractivity contribution in [2.24, 2.45) is 0 Å². The molecule has 1 aromatic carbocycles. The van der Waals surface area contributed by atoms with Crippen LogP contribution in [0.1, 0.15) is 17.3 Å². The monoisotopic (exact) mass is 311 g/mol. The smallest absolute Gasteiger partial charge is 0.137 e. The molecule has 0 amide bonds. The van der Waals surface area contributed by atoms with Gasteiger partial charge in [-0.25, -0.2) is 4.98 Å². The minimum absolute atomic E-state index is 0.0518. The number of benzene rings is 1. The second-order valence-electron chi connectivity index (χ2n) is 5.58. The summed E-state index contributed by atoms with van der Waals surface area (Å²) in [5, 5.41) is 9.80. The Morgan fingerprint density at radius 1 is 1.22 bits per heavy atom. The zero-order valence-electron chi connectivity index (χ0n) is 13.4. The van der Waals surface area contributed by atoms with Gasteiger partial charge in [-0.15, -0.1) is 0 Å². The van der Waals surface area contributed by atoms with E-state index >= 15 is 0 Å². The van der Waals surface area contributed by atoms with Gasteiger partial charge in [-0.2, -0.15) is 0 Å². The molecular weight excluding hydrogens is 290 g/mol. The molecule has 3 rings (SSSR count). The third-order valence-electron chi connectivity index (χ3n) is 4.03. The minimum atomic E-state index is -0.0780. The molecule has 0 aliphatic rings. The fourth-order valence-electron chi connectivity index (χ4n) is 2.75. The van der Waals surface area contributed by atoms with Crippen molar-refractivity contribution in [2.75, 3.05) is 20.8 Å². The fourth-order valence-corrected chi connectivity index (χ4v) is 2.75. The van der Waals surface area contributed by atoms with Gasteiger partial charge in [0.1, 0.15) is 11.4 Å². The lowest BCUT2D eigenvalue weighted by Crippen LogP contribution is -2.27. The van der Waals surface area contributed by atoms with Gasteiger partial charge in [-0.1, -0.05) is 18.2 Å². The maximum Gasteiger partial charge on any atom is 0.137 e. The lowest BCUT2D eigenvalue weighted by Gasteiger charge is -2.26. The van der Waals surface area contributed by atoms with E-state index in [4.69, 9.17) is 4.74 Å². The first kappa shape index (κ1) is 15.5. The second kappa shape index (κ2) is 6.81. The number of fused-ring (bicyclic) bond motifs is 1. The highest BCUT2D eigenvalue weighted by Gasteiger charge is 2.17. The SMILES string of the molecule is COc1ccc(C(CO)N(C)Cc2cn3ccccc3n2)cc1. The van der Waals surface area contributed by atoms with Crippen LogP contribution >= 0.6 is 0 Å². The average molecular weight is 311 g/mol. The number of ether oxygens (including phenoxy) is 1. The Balaban J connectivity index is 1.77. The first-order chi connectivity index (χ1) is 11.2. The van der Waals surface area contributed by atoms with Crippen molar-refractivity contribution in [3.63, 3.8) is 0 Å². The van der Waals surface area contributed by atoms with Gasteiger partial charge in [0.15, 0.2) is 0 Å². The van der Waals surface area contributed by atoms with Crippen LogP contribution < -0.4 is 4.74 Å². The molecule has 0 spiro atoms. The minimum Gasteiger partial charge on any atom is -0.497 e. The molecule has 2 aromatic heterocycles. The molecule has 0 aliphatic heterocycles. The van der Waals surface area contributed by atoms with E-state index in [0.29, 0.717) is 6.54 Å². The lowest BCUT2D eigenvalue weighted by molar-refractivity contribution is 0.141. The maximum atomic E-state index is 9.80. The molecule has 0 aliphatic carbocycles. The van der Waals surface area contributed by atoms with Gasteiger partial charge in [-0.3, -0.25) is 4.90 Å². The summed E-state index contributed by atoms with van der Waals surface area (Å²) < 4.78 is 7.19. The van der Waals surface area contributed by atoms with Gasteiger partial charge < -0.3 is 14.2 Å². The van der Waals surface area contributed by atoms with Crippen molar-refractivity contribution in [1.82, 2.24) is 14.3 Å². The summed E-state index contributed by atoms with van der Waals surface area (Å²) in [6.07, 6.45) is 4.01. The van der Waals surface area contributed by atoms with Crippen molar-refractivity contribution < 1.29 is 9.84 Å². The van der Waals surface area contributed by atoms with Crippen molar-refractivity contribution in [1.29, 1.82) is 0 Å². The predicted molar refractivity (Wildman–Crippen MR) is 89.5 cm³/mol. The van der Waals surface area contributed by atoms with E-state index in [1.165, 1.54) is 0 Å². The van der Waals surface area contributed by atoms with E-state index < -0.39 is 0 Å². The van der Waals surface area contributed by atoms with Crippen LogP contribution in [-0.2, 0) is 6.54 Å². The first-order valence-corrected chi connectivity index (χ1v) is 7.59. The van der Waals surface area contributed by atoms with Gasteiger partial charge in [0.05, 0.1) is 25.5 Å². The summed E-state index contributed by atoms with van der Waals surface area (Å²) in [4.78, 5) is 6.71. The molecule has 3 aromatic rings. The number of nitrogens with zero attached hydrogens (tertiary/aromatic N) is 3. The average Bonchev–Trinajstić information content (AvgIpc) is 2.98. The van der Waals surface area contributed by atoms with Crippen LogP contribution in [0.15, 0.2) is 54.9 Å². The normalized spacial score (nSPS) is 12.7. The van der Waals surface area contributed by atoms with E-state index in [1.807, 2.05) is 66.3 Å². The Labute approximate surface area is 135 Å². The van der Waals surface area contributed by atoms with Crippen molar-refractivity contribution in [2.45, 2.75) is 12.6 Å². The molecule has 0 saturated heterocycles. The number of hydrogen-bond acceptors (Lipinski definition) is 4. The molecule has 23 heavy (non-hydrogen) atoms. The molecule has 0 bridgehead atoms. The molecule has 5 nitrogen and oxygen atoms in total. The second-order valence-corrected chi connectivity index (χ2v) is 5.58. The van der Waals surface area contributed by atoms with Crippen molar-refractivity contribution in [3.8, 4) is 5.75 Å². The zero-order chi connectivity index (χ0) is 16.2. The van der Waals surface area contributed by atoms with Crippen molar-refractivity contribution in [3.05, 3.63) is 66.1 Å². The Bertz CT molecular complexity index is 734. The number of imidazole rings is 1. The first-order valence-electron chi connectivity index (χ1n) is 7.59. The zero-order valence-corrected chi connectivity index (χ0v) is 13.4. The molecular formula is C18H21N3O2. The van der Waals surface area contributed by atoms with Crippen LogP contribution in [0.25, 0.3) is 5.65 Å². The lowest BCUT2D eigenvalue weighted by atomic mass is 10.1. The Hall–Kier alpha value is -2.37. The molecule has 0 radical (unpaired) electrons. The van der Waals surface area contributed by atoms with Crippen LogP contribution in [0, 0.1) is 0 Å². The standard InChI is InChI=1S/C18H21N3O2/c1-20(11-15-12-21-10-4-3-5-18(21)19-15)17(13-22)14-6-8-16(23-2)9-7-14/h3-10,12,17,22H,11,13H2,1-2H3. The number of aromatic nitrogens is 2. The number of rotatable bonds is 6. The number of hydrogen-bond donors (Lipinski definition) is 1. The topological polar surface area (TPSA) is 50.0 Å². The molecule has 2 heterocycles. The third-order valence-corrected chi connectivity index (χ3v) is 4.03. The number of methoxy groups -OCH3 is 1. The van der Waals surface area contributed by atoms with E-state index in [0.717, 1.165) is 22.7 Å². The maximum absolute atomic E-state index is 9.80. The Morgan fingerprint density at radius 3 is 2.65 bits per heavy atom. The highest BCUT2D eigenvalue weighted by Crippen LogP contribution is 2.23. The number of aliphatic hydroxyl groups is 1. The Kier molecular flexibility index (Phi) is 4.60. The van der Waals surface area contributed by atoms with Crippen molar-refractivity contribution >= 4 is 5.65 Å². The largest absolute Gasteiger partial charge is 0.497 e. The van der Waals surface area contributed by atoms with Gasteiger partial charge in [0.25, 0.3) is 0 Å². The molecule has 1 N–H and O–H groups in total. The highest BCUT2D eigenvalue weighted by atomic mass is 16.5. The number of pyridine rings is 1. The summed E-state index contributed by atoms with van der Waals surface area (Å²) in [6, 6.07) is 13.7. The summed E-state index contributed by atoms with van der Waals surface area (Å²) in [7, 11) is 3.64. The quantitative estimate of drug-likeness (QED) is 0.760. The molecule has 120 valence electrons. The summed E-state index contributed by atoms with van der Waals surface area (Å²) in [5.41, 5.74) is 2.96. The summed E-state index contributed by atoms with van der Waals surface area (Å²) >= 11 is 0. The van der Waals surface area contributed by atoms with Gasteiger partial charge >= 0.3 is 0 Å². The van der Waals surface area contributed by atoms with Gasteiger partial charge in [0, 0.05) is 18.9 Å². The molecule has 1 unspecified atom stereocenters. The van der Waals surface area contributed by atoms with E-state index in [1.54, 1.807) is 7.11 Å². The number of likely N-dealkylation sites (N-methyl/N-ethyl adjacent to an activating group) is 1. The Morgan fingerprint density at radius 2 is 2.00 bits per heavy atom. The van der Waals surface area contributed by atoms with Gasteiger partial charge in [-0.05, 0) is 36.9 Å². The van der Waals surface area contributed by atoms with Crippen LogP contribution in [-0.4, -0.2) is 40.2 Å². The van der Waals surface area contributed by atoms with Crippen LogP contribution in [0.3, 0.4) is 0 Å². The fraction of sp³-hybridized carbons (Fsp3) is 0.278. The summed E-state index contributed by atoms with van der Waals surface area (Å²) in [5.74, 6) is 0.813. The predicted octanol–water partition coefficient (Wildman–Crippen LogP) is 2.51. The van der Waals surface area contributed by atoms with Gasteiger partial charge in [0.2, 0.25) is 0 Å². The molecule has 5 heteroatoms. The number of aliphatic hydroxyl groups excluding tert-OH is 1. The molecule has 1 atom stereocenters. The molecule has 0 fully saturated rings. The van der Waals surface area contributed by atoms with Crippen LogP contribution in [0.2, 0.25) is 0 Å². The molecule has 0 saturated carbocycles. The third kappa shape index (κ3) is 3.36.